The zero-order valence-corrected chi connectivity index (χ0v) is 21.0. The van der Waals surface area contributed by atoms with Gasteiger partial charge in [-0.05, 0) is 87.8 Å². The van der Waals surface area contributed by atoms with Crippen LogP contribution in [0.25, 0.3) is 6.08 Å². The topological polar surface area (TPSA) is 51.1 Å². The van der Waals surface area contributed by atoms with Crippen molar-refractivity contribution in [1.29, 1.82) is 0 Å². The average Bonchev–Trinajstić information content (AvgIpc) is 3.03. The van der Waals surface area contributed by atoms with Crippen molar-refractivity contribution in [2.45, 2.75) is 53.3 Å². The number of amidine groups is 1. The Morgan fingerprint density at radius 2 is 1.85 bits per heavy atom. The van der Waals surface area contributed by atoms with Crippen LogP contribution in [0.1, 0.15) is 45.7 Å². The number of aliphatic imine (C=N–C) groups is 1. The summed E-state index contributed by atoms with van der Waals surface area (Å²) in [4.78, 5) is 19.9. The van der Waals surface area contributed by atoms with Gasteiger partial charge in [0.15, 0.2) is 16.7 Å². The van der Waals surface area contributed by atoms with Crippen LogP contribution in [0.5, 0.6) is 11.5 Å². The molecule has 1 amide bonds. The first-order valence-electron chi connectivity index (χ1n) is 10.8. The molecule has 1 fully saturated rings. The van der Waals surface area contributed by atoms with Gasteiger partial charge in [-0.2, -0.15) is 0 Å². The summed E-state index contributed by atoms with van der Waals surface area (Å²) in [6, 6.07) is 9.69. The van der Waals surface area contributed by atoms with Crippen molar-refractivity contribution in [1.82, 2.24) is 4.90 Å². The predicted octanol–water partition coefficient (Wildman–Crippen LogP) is 6.55. The molecule has 8 heteroatoms. The second kappa shape index (κ2) is 11.1. The van der Waals surface area contributed by atoms with Crippen LogP contribution < -0.4 is 9.47 Å². The number of rotatable bonds is 8. The highest BCUT2D eigenvalue weighted by Gasteiger charge is 2.35. The van der Waals surface area contributed by atoms with Gasteiger partial charge < -0.3 is 9.47 Å². The van der Waals surface area contributed by atoms with Gasteiger partial charge in [-0.25, -0.2) is 4.39 Å². The van der Waals surface area contributed by atoms with Crippen LogP contribution in [0.4, 0.5) is 4.39 Å². The maximum atomic E-state index is 13.1. The van der Waals surface area contributed by atoms with Crippen LogP contribution in [0, 0.1) is 5.82 Å². The van der Waals surface area contributed by atoms with Gasteiger partial charge in [0, 0.05) is 12.1 Å². The number of carbonyl (C=O) groups excluding carboxylic acids is 1. The molecule has 176 valence electrons. The molecule has 3 rings (SSSR count). The number of thioether (sulfide) groups is 1. The van der Waals surface area contributed by atoms with E-state index in [1.807, 2.05) is 34.6 Å². The summed E-state index contributed by atoms with van der Waals surface area (Å²) in [7, 11) is 0. The van der Waals surface area contributed by atoms with E-state index in [0.29, 0.717) is 33.2 Å². The number of benzene rings is 2. The first kappa shape index (κ1) is 25.1. The van der Waals surface area contributed by atoms with Crippen molar-refractivity contribution in [2.24, 2.45) is 4.99 Å². The normalized spacial score (nSPS) is 16.5. The third-order valence-electron chi connectivity index (χ3n) is 4.65. The van der Waals surface area contributed by atoms with Gasteiger partial charge in [0.1, 0.15) is 12.4 Å². The highest BCUT2D eigenvalue weighted by atomic mass is 35.5. The van der Waals surface area contributed by atoms with Crippen molar-refractivity contribution in [2.75, 3.05) is 6.61 Å². The molecule has 1 saturated heterocycles. The molecule has 2 aromatic rings. The van der Waals surface area contributed by atoms with E-state index in [-0.39, 0.29) is 30.4 Å². The van der Waals surface area contributed by atoms with Crippen molar-refractivity contribution >= 4 is 40.5 Å². The fourth-order valence-corrected chi connectivity index (χ4v) is 4.72. The Labute approximate surface area is 203 Å². The van der Waals surface area contributed by atoms with Gasteiger partial charge in [0.25, 0.3) is 5.91 Å². The van der Waals surface area contributed by atoms with Crippen molar-refractivity contribution in [3.8, 4) is 11.5 Å². The summed E-state index contributed by atoms with van der Waals surface area (Å²) in [5.41, 5.74) is 1.53. The van der Waals surface area contributed by atoms with Crippen LogP contribution in [0.2, 0.25) is 5.02 Å². The van der Waals surface area contributed by atoms with E-state index in [0.717, 1.165) is 11.1 Å². The van der Waals surface area contributed by atoms with E-state index >= 15 is 0 Å². The maximum absolute atomic E-state index is 13.1. The lowest BCUT2D eigenvalue weighted by Gasteiger charge is -2.20. The van der Waals surface area contributed by atoms with Crippen molar-refractivity contribution in [3.05, 3.63) is 63.3 Å². The van der Waals surface area contributed by atoms with E-state index < -0.39 is 0 Å². The monoisotopic (exact) mass is 490 g/mol. The van der Waals surface area contributed by atoms with Crippen LogP contribution in [-0.4, -0.2) is 34.7 Å². The molecular weight excluding hydrogens is 463 g/mol. The minimum absolute atomic E-state index is 0.00166. The van der Waals surface area contributed by atoms with Gasteiger partial charge in [0.05, 0.1) is 16.5 Å². The van der Waals surface area contributed by atoms with Crippen molar-refractivity contribution < 1.29 is 18.7 Å². The van der Waals surface area contributed by atoms with Crippen molar-refractivity contribution in [3.63, 3.8) is 0 Å². The minimum Gasteiger partial charge on any atom is -0.490 e. The van der Waals surface area contributed by atoms with E-state index in [2.05, 4.69) is 4.99 Å². The molecule has 0 bridgehead atoms. The lowest BCUT2D eigenvalue weighted by molar-refractivity contribution is -0.123. The Bertz CT molecular complexity index is 1070. The Morgan fingerprint density at radius 1 is 1.15 bits per heavy atom. The first-order valence-corrected chi connectivity index (χ1v) is 12.0. The number of carbonyl (C=O) groups is 1. The Balaban J connectivity index is 1.90. The highest BCUT2D eigenvalue weighted by molar-refractivity contribution is 8.18. The number of hydrogen-bond donors (Lipinski definition) is 0. The highest BCUT2D eigenvalue weighted by Crippen LogP contribution is 2.40. The van der Waals surface area contributed by atoms with Gasteiger partial charge >= 0.3 is 0 Å². The molecule has 2 aromatic carbocycles. The van der Waals surface area contributed by atoms with Crippen LogP contribution >= 0.6 is 23.4 Å². The van der Waals surface area contributed by atoms with Gasteiger partial charge in [-0.15, -0.1) is 0 Å². The number of halogens is 2. The molecule has 0 radical (unpaired) electrons. The molecule has 1 heterocycles. The molecule has 5 nitrogen and oxygen atoms in total. The minimum atomic E-state index is -0.305. The second-order valence-electron chi connectivity index (χ2n) is 8.06. The molecule has 0 unspecified atom stereocenters. The zero-order valence-electron chi connectivity index (χ0n) is 19.4. The fourth-order valence-electron chi connectivity index (χ4n) is 3.21. The number of amides is 1. The number of ether oxygens (including phenoxy) is 2. The molecule has 0 saturated carbocycles. The largest absolute Gasteiger partial charge is 0.490 e. The Morgan fingerprint density at radius 3 is 2.45 bits per heavy atom. The fraction of sp³-hybridized carbons (Fsp3) is 0.360. The van der Waals surface area contributed by atoms with Crippen LogP contribution in [-0.2, 0) is 11.4 Å². The Hall–Kier alpha value is -2.51. The standard InChI is InChI=1S/C25H28ClFN2O3S/c1-6-31-21-12-18(11-20(26)23(21)32-14-17-7-9-19(27)10-8-17)13-22-24(30)29(16(4)5)25(33-22)28-15(2)3/h7-13,15-16H,6,14H2,1-5H3/b22-13+,28-25?. The molecular formula is C25H28ClFN2O3S. The van der Waals surface area contributed by atoms with Gasteiger partial charge in [-0.3, -0.25) is 14.7 Å². The predicted molar refractivity (Wildman–Crippen MR) is 133 cm³/mol. The molecule has 0 aromatic heterocycles. The van der Waals surface area contributed by atoms with E-state index in [4.69, 9.17) is 21.1 Å². The van der Waals surface area contributed by atoms with E-state index in [9.17, 15) is 9.18 Å². The second-order valence-corrected chi connectivity index (χ2v) is 9.48. The molecule has 0 N–H and O–H groups in total. The summed E-state index contributed by atoms with van der Waals surface area (Å²) in [6.07, 6.45) is 1.80. The molecule has 33 heavy (non-hydrogen) atoms. The molecule has 1 aliphatic rings. The lowest BCUT2D eigenvalue weighted by Crippen LogP contribution is -2.35. The summed E-state index contributed by atoms with van der Waals surface area (Å²) in [5.74, 6) is 0.494. The zero-order chi connectivity index (χ0) is 24.1. The smallest absolute Gasteiger partial charge is 0.266 e. The SMILES string of the molecule is CCOc1cc(/C=C2/SC(=NC(C)C)N(C(C)C)C2=O)cc(Cl)c1OCc1ccc(F)cc1. The number of hydrogen-bond acceptors (Lipinski definition) is 5. The summed E-state index contributed by atoms with van der Waals surface area (Å²) in [5, 5.41) is 1.06. The molecule has 0 atom stereocenters. The Kier molecular flexibility index (Phi) is 8.43. The lowest BCUT2D eigenvalue weighted by atomic mass is 10.1. The van der Waals surface area contributed by atoms with Crippen LogP contribution in [0.15, 0.2) is 46.3 Å². The quantitative estimate of drug-likeness (QED) is 0.394. The van der Waals surface area contributed by atoms with E-state index in [1.54, 1.807) is 35.2 Å². The van der Waals surface area contributed by atoms with Gasteiger partial charge in [0.2, 0.25) is 0 Å². The summed E-state index contributed by atoms with van der Waals surface area (Å²) >= 11 is 7.90. The van der Waals surface area contributed by atoms with Crippen LogP contribution in [0.3, 0.4) is 0 Å². The summed E-state index contributed by atoms with van der Waals surface area (Å²) in [6.45, 7) is 10.4. The third kappa shape index (κ3) is 6.30. The number of nitrogens with zero attached hydrogens (tertiary/aromatic N) is 2. The van der Waals surface area contributed by atoms with Gasteiger partial charge in [-0.1, -0.05) is 23.7 Å². The van der Waals surface area contributed by atoms with E-state index in [1.165, 1.54) is 23.9 Å². The summed E-state index contributed by atoms with van der Waals surface area (Å²) < 4.78 is 24.8. The maximum Gasteiger partial charge on any atom is 0.266 e. The average molecular weight is 491 g/mol. The first-order chi connectivity index (χ1) is 15.7. The third-order valence-corrected chi connectivity index (χ3v) is 5.93. The molecule has 0 aliphatic carbocycles. The molecule has 0 spiro atoms. The molecule has 1 aliphatic heterocycles.